The van der Waals surface area contributed by atoms with Crippen molar-refractivity contribution in [3.05, 3.63) is 35.6 Å². The fourth-order valence-corrected chi connectivity index (χ4v) is 2.77. The molecule has 21 heavy (non-hydrogen) atoms. The van der Waals surface area contributed by atoms with Crippen LogP contribution in [-0.2, 0) is 10.0 Å². The number of anilines is 1. The van der Waals surface area contributed by atoms with E-state index in [9.17, 15) is 8.42 Å². The van der Waals surface area contributed by atoms with Crippen molar-refractivity contribution in [2.24, 2.45) is 0 Å². The van der Waals surface area contributed by atoms with E-state index in [1.54, 1.807) is 0 Å². The van der Waals surface area contributed by atoms with Crippen LogP contribution in [0.15, 0.2) is 35.5 Å². The molecule has 1 N–H and O–H groups in total. The van der Waals surface area contributed by atoms with Gasteiger partial charge < -0.3 is 9.47 Å². The summed E-state index contributed by atoms with van der Waals surface area (Å²) in [5, 5.41) is 0.191. The molecule has 2 aromatic rings. The van der Waals surface area contributed by atoms with Crippen LogP contribution in [0.5, 0.6) is 11.5 Å². The zero-order chi connectivity index (χ0) is 15.5. The van der Waals surface area contributed by atoms with Gasteiger partial charge in [-0.05, 0) is 18.2 Å². The Hall–Kier alpha value is -2.06. The Balaban J connectivity index is 2.26. The molecule has 0 saturated heterocycles. The number of methoxy groups -OCH3 is 2. The summed E-state index contributed by atoms with van der Waals surface area (Å²) in [5.74, 6) is 0.740. The van der Waals surface area contributed by atoms with Gasteiger partial charge in [0, 0.05) is 0 Å². The van der Waals surface area contributed by atoms with Gasteiger partial charge >= 0.3 is 0 Å². The quantitative estimate of drug-likeness (QED) is 0.901. The Labute approximate surface area is 126 Å². The normalized spacial score (nSPS) is 11.0. The molecular weight excluding hydrogens is 318 g/mol. The number of rotatable bonds is 5. The second-order valence-corrected chi connectivity index (χ2v) is 5.94. The second-order valence-electron chi connectivity index (χ2n) is 3.85. The molecule has 0 aliphatic rings. The Morgan fingerprint density at radius 2 is 1.81 bits per heavy atom. The number of ether oxygens (including phenoxy) is 2. The summed E-state index contributed by atoms with van der Waals surface area (Å²) in [4.78, 5) is 7.64. The lowest BCUT2D eigenvalue weighted by molar-refractivity contribution is 0.411. The van der Waals surface area contributed by atoms with E-state index in [1.807, 2.05) is 0 Å². The average Bonchev–Trinajstić information content (AvgIpc) is 2.47. The van der Waals surface area contributed by atoms with Gasteiger partial charge in [0.15, 0.2) is 5.75 Å². The fraction of sp³-hybridized carbons (Fsp3) is 0.167. The minimum atomic E-state index is -3.84. The molecule has 0 spiro atoms. The molecule has 0 atom stereocenters. The first-order valence-electron chi connectivity index (χ1n) is 5.68. The second kappa shape index (κ2) is 6.15. The summed E-state index contributed by atoms with van der Waals surface area (Å²) in [6.07, 6.45) is 2.71. The lowest BCUT2D eigenvalue weighted by Gasteiger charge is -2.09. The van der Waals surface area contributed by atoms with Crippen molar-refractivity contribution in [3.8, 4) is 11.5 Å². The van der Waals surface area contributed by atoms with E-state index < -0.39 is 10.0 Å². The van der Waals surface area contributed by atoms with Crippen molar-refractivity contribution in [3.63, 3.8) is 0 Å². The number of halogens is 1. The Morgan fingerprint density at radius 3 is 2.33 bits per heavy atom. The van der Waals surface area contributed by atoms with Crippen molar-refractivity contribution >= 4 is 27.6 Å². The molecule has 0 aliphatic heterocycles. The van der Waals surface area contributed by atoms with Crippen LogP contribution in [-0.4, -0.2) is 32.6 Å². The summed E-state index contributed by atoms with van der Waals surface area (Å²) in [7, 11) is -0.933. The molecule has 1 heterocycles. The van der Waals surface area contributed by atoms with Gasteiger partial charge in [-0.15, -0.1) is 0 Å². The van der Waals surface area contributed by atoms with Crippen molar-refractivity contribution < 1.29 is 17.9 Å². The zero-order valence-corrected chi connectivity index (χ0v) is 12.8. The summed E-state index contributed by atoms with van der Waals surface area (Å²) < 4.78 is 36.5. The van der Waals surface area contributed by atoms with E-state index in [-0.39, 0.29) is 15.9 Å². The number of nitrogens with one attached hydrogen (secondary N) is 1. The fourth-order valence-electron chi connectivity index (χ4n) is 1.47. The van der Waals surface area contributed by atoms with Gasteiger partial charge in [0.2, 0.25) is 5.95 Å². The summed E-state index contributed by atoms with van der Waals surface area (Å²) in [6, 6.07) is 4.12. The molecule has 2 rings (SSSR count). The SMILES string of the molecule is COc1cnc(NS(=O)(=O)c2ccc(OC)c(Cl)c2)nc1. The first-order valence-corrected chi connectivity index (χ1v) is 7.55. The van der Waals surface area contributed by atoms with Crippen molar-refractivity contribution in [2.45, 2.75) is 4.90 Å². The maximum atomic E-state index is 12.2. The average molecular weight is 330 g/mol. The van der Waals surface area contributed by atoms with Gasteiger partial charge in [-0.3, -0.25) is 0 Å². The first kappa shape index (κ1) is 15.3. The summed E-state index contributed by atoms with van der Waals surface area (Å²) in [6.45, 7) is 0. The van der Waals surface area contributed by atoms with Crippen LogP contribution in [0.1, 0.15) is 0 Å². The standard InChI is InChI=1S/C12H12ClN3O4S/c1-19-8-6-14-12(15-7-8)16-21(17,18)9-3-4-11(20-2)10(13)5-9/h3-7H,1-2H3,(H,14,15,16). The highest BCUT2D eigenvalue weighted by Crippen LogP contribution is 2.27. The third-order valence-corrected chi connectivity index (χ3v) is 4.14. The van der Waals surface area contributed by atoms with Crippen molar-refractivity contribution in [2.75, 3.05) is 18.9 Å². The number of aromatic nitrogens is 2. The molecule has 0 saturated carbocycles. The van der Waals surface area contributed by atoms with E-state index >= 15 is 0 Å². The number of hydrogen-bond acceptors (Lipinski definition) is 6. The summed E-state index contributed by atoms with van der Waals surface area (Å²) >= 11 is 5.91. The van der Waals surface area contributed by atoms with Gasteiger partial charge in [0.05, 0.1) is 36.5 Å². The number of nitrogens with zero attached hydrogens (tertiary/aromatic N) is 2. The molecule has 1 aromatic heterocycles. The highest BCUT2D eigenvalue weighted by Gasteiger charge is 2.17. The molecule has 1 aromatic carbocycles. The van der Waals surface area contributed by atoms with Gasteiger partial charge in [-0.25, -0.2) is 23.1 Å². The van der Waals surface area contributed by atoms with Gasteiger partial charge in [-0.2, -0.15) is 0 Å². The maximum Gasteiger partial charge on any atom is 0.264 e. The summed E-state index contributed by atoms with van der Waals surface area (Å²) in [5.41, 5.74) is 0. The van der Waals surface area contributed by atoms with Crippen LogP contribution in [0.3, 0.4) is 0 Å². The zero-order valence-electron chi connectivity index (χ0n) is 11.2. The molecule has 0 fully saturated rings. The van der Waals surface area contributed by atoms with Crippen LogP contribution in [0.25, 0.3) is 0 Å². The highest BCUT2D eigenvalue weighted by molar-refractivity contribution is 7.92. The number of benzene rings is 1. The molecule has 0 unspecified atom stereocenters. The largest absolute Gasteiger partial charge is 0.495 e. The topological polar surface area (TPSA) is 90.4 Å². The van der Waals surface area contributed by atoms with E-state index in [0.29, 0.717) is 11.5 Å². The van der Waals surface area contributed by atoms with Crippen LogP contribution in [0, 0.1) is 0 Å². The van der Waals surface area contributed by atoms with Gasteiger partial charge in [0.1, 0.15) is 5.75 Å². The predicted molar refractivity (Wildman–Crippen MR) is 77.4 cm³/mol. The van der Waals surface area contributed by atoms with E-state index in [0.717, 1.165) is 0 Å². The van der Waals surface area contributed by atoms with Crippen LogP contribution >= 0.6 is 11.6 Å². The predicted octanol–water partition coefficient (Wildman–Crippen LogP) is 1.95. The van der Waals surface area contributed by atoms with E-state index in [2.05, 4.69) is 14.7 Å². The lowest BCUT2D eigenvalue weighted by Crippen LogP contribution is -2.15. The number of sulfonamides is 1. The third-order valence-electron chi connectivity index (χ3n) is 2.52. The minimum Gasteiger partial charge on any atom is -0.495 e. The van der Waals surface area contributed by atoms with Crippen LogP contribution < -0.4 is 14.2 Å². The third kappa shape index (κ3) is 3.53. The number of hydrogen-bond donors (Lipinski definition) is 1. The van der Waals surface area contributed by atoms with Crippen LogP contribution in [0.2, 0.25) is 5.02 Å². The highest BCUT2D eigenvalue weighted by atomic mass is 35.5. The van der Waals surface area contributed by atoms with Crippen molar-refractivity contribution in [1.29, 1.82) is 0 Å². The van der Waals surface area contributed by atoms with Gasteiger partial charge in [-0.1, -0.05) is 11.6 Å². The molecule has 0 bridgehead atoms. The molecule has 0 radical (unpaired) electrons. The molecule has 7 nitrogen and oxygen atoms in total. The van der Waals surface area contributed by atoms with E-state index in [1.165, 1.54) is 44.8 Å². The van der Waals surface area contributed by atoms with Crippen LogP contribution in [0.4, 0.5) is 5.95 Å². The first-order chi connectivity index (χ1) is 9.96. The van der Waals surface area contributed by atoms with Crippen molar-refractivity contribution in [1.82, 2.24) is 9.97 Å². The Kier molecular flexibility index (Phi) is 4.49. The lowest BCUT2D eigenvalue weighted by atomic mass is 10.3. The maximum absolute atomic E-state index is 12.2. The minimum absolute atomic E-state index is 0.0206. The monoisotopic (exact) mass is 329 g/mol. The molecule has 0 amide bonds. The molecule has 0 aliphatic carbocycles. The Bertz CT molecular complexity index is 735. The smallest absolute Gasteiger partial charge is 0.264 e. The Morgan fingerprint density at radius 1 is 1.14 bits per heavy atom. The molecule has 9 heteroatoms. The molecular formula is C12H12ClN3O4S. The molecule has 112 valence electrons. The van der Waals surface area contributed by atoms with Gasteiger partial charge in [0.25, 0.3) is 10.0 Å². The van der Waals surface area contributed by atoms with E-state index in [4.69, 9.17) is 21.1 Å².